The van der Waals surface area contributed by atoms with Crippen LogP contribution in [-0.4, -0.2) is 31.1 Å². The smallest absolute Gasteiger partial charge is 0.245 e. The maximum absolute atomic E-state index is 12.0. The summed E-state index contributed by atoms with van der Waals surface area (Å²) >= 11 is 0. The van der Waals surface area contributed by atoms with Gasteiger partial charge in [0.25, 0.3) is 0 Å². The fourth-order valence-corrected chi connectivity index (χ4v) is 2.65. The van der Waals surface area contributed by atoms with Gasteiger partial charge < -0.3 is 15.5 Å². The lowest BCUT2D eigenvalue weighted by molar-refractivity contribution is -0.126. The van der Waals surface area contributed by atoms with Gasteiger partial charge in [0.1, 0.15) is 5.54 Å². The normalized spacial score (nSPS) is 18.0. The molecule has 0 aliphatic carbocycles. The molecule has 4 heteroatoms. The maximum Gasteiger partial charge on any atom is 0.245 e. The molecule has 0 aromatic heterocycles. The van der Waals surface area contributed by atoms with Gasteiger partial charge >= 0.3 is 0 Å². The van der Waals surface area contributed by atoms with E-state index < -0.39 is 5.54 Å². The lowest BCUT2D eigenvalue weighted by Crippen LogP contribution is -2.62. The number of benzene rings is 1. The van der Waals surface area contributed by atoms with Gasteiger partial charge in [-0.15, -0.1) is 0 Å². The van der Waals surface area contributed by atoms with Crippen LogP contribution in [0.25, 0.3) is 0 Å². The number of nitrogens with zero attached hydrogens (tertiary/aromatic N) is 1. The number of carbonyl (C=O) groups is 1. The number of hydrogen-bond donors (Lipinski definition) is 2. The molecule has 1 aliphatic heterocycles. The highest BCUT2D eigenvalue weighted by Gasteiger charge is 2.37. The Bertz CT molecular complexity index is 479. The summed E-state index contributed by atoms with van der Waals surface area (Å²) < 4.78 is 0. The molecule has 0 saturated carbocycles. The second kappa shape index (κ2) is 6.48. The molecular formula is C17H27N3O. The number of nitrogens with one attached hydrogen (secondary N) is 2. The highest BCUT2D eigenvalue weighted by molar-refractivity contribution is 5.90. The van der Waals surface area contributed by atoms with Crippen LogP contribution in [0.5, 0.6) is 0 Å². The quantitative estimate of drug-likeness (QED) is 0.873. The Morgan fingerprint density at radius 3 is 2.57 bits per heavy atom. The van der Waals surface area contributed by atoms with Crippen molar-refractivity contribution < 1.29 is 4.79 Å². The van der Waals surface area contributed by atoms with E-state index in [1.807, 2.05) is 13.8 Å². The minimum absolute atomic E-state index is 0.0939. The number of rotatable bonds is 5. The molecular weight excluding hydrogens is 262 g/mol. The Labute approximate surface area is 127 Å². The predicted molar refractivity (Wildman–Crippen MR) is 87.4 cm³/mol. The van der Waals surface area contributed by atoms with Crippen molar-refractivity contribution in [1.82, 2.24) is 10.6 Å². The Hall–Kier alpha value is -1.55. The van der Waals surface area contributed by atoms with Crippen LogP contribution in [-0.2, 0) is 11.3 Å². The first-order valence-corrected chi connectivity index (χ1v) is 7.77. The molecule has 1 amide bonds. The van der Waals surface area contributed by atoms with Gasteiger partial charge in [-0.2, -0.15) is 0 Å². The Balaban J connectivity index is 2.03. The Morgan fingerprint density at radius 1 is 1.29 bits per heavy atom. The van der Waals surface area contributed by atoms with Crippen molar-refractivity contribution in [2.24, 2.45) is 5.92 Å². The van der Waals surface area contributed by atoms with E-state index in [4.69, 9.17) is 0 Å². The monoisotopic (exact) mass is 289 g/mol. The summed E-state index contributed by atoms with van der Waals surface area (Å²) in [5, 5.41) is 6.38. The molecule has 0 atom stereocenters. The fourth-order valence-electron chi connectivity index (χ4n) is 2.65. The standard InChI is InChI=1S/C17H27N3O/c1-13(2)11-18-12-14-5-7-15(8-6-14)20-10-9-19-16(21)17(20,3)4/h5-8,13,18H,9-12H2,1-4H3,(H,19,21). The minimum atomic E-state index is -0.490. The van der Waals surface area contributed by atoms with Gasteiger partial charge in [-0.1, -0.05) is 26.0 Å². The molecule has 1 aromatic rings. The van der Waals surface area contributed by atoms with Crippen molar-refractivity contribution in [3.05, 3.63) is 29.8 Å². The summed E-state index contributed by atoms with van der Waals surface area (Å²) in [5.41, 5.74) is 1.90. The van der Waals surface area contributed by atoms with E-state index in [1.54, 1.807) is 0 Å². The van der Waals surface area contributed by atoms with Gasteiger partial charge in [0.05, 0.1) is 0 Å². The summed E-state index contributed by atoms with van der Waals surface area (Å²) in [6.45, 7) is 11.8. The average Bonchev–Trinajstić information content (AvgIpc) is 2.42. The minimum Gasteiger partial charge on any atom is -0.356 e. The molecule has 1 fully saturated rings. The van der Waals surface area contributed by atoms with Crippen LogP contribution in [0.3, 0.4) is 0 Å². The molecule has 1 aromatic carbocycles. The molecule has 21 heavy (non-hydrogen) atoms. The highest BCUT2D eigenvalue weighted by atomic mass is 16.2. The first-order chi connectivity index (χ1) is 9.91. The van der Waals surface area contributed by atoms with E-state index in [1.165, 1.54) is 5.56 Å². The summed E-state index contributed by atoms with van der Waals surface area (Å²) in [7, 11) is 0. The maximum atomic E-state index is 12.0. The third-order valence-electron chi connectivity index (χ3n) is 3.98. The molecule has 0 bridgehead atoms. The highest BCUT2D eigenvalue weighted by Crippen LogP contribution is 2.26. The molecule has 0 spiro atoms. The molecule has 116 valence electrons. The zero-order chi connectivity index (χ0) is 15.5. The van der Waals surface area contributed by atoms with Crippen LogP contribution in [0.15, 0.2) is 24.3 Å². The summed E-state index contributed by atoms with van der Waals surface area (Å²) in [4.78, 5) is 14.2. The van der Waals surface area contributed by atoms with Crippen molar-refractivity contribution >= 4 is 11.6 Å². The fraction of sp³-hybridized carbons (Fsp3) is 0.588. The van der Waals surface area contributed by atoms with Crippen LogP contribution in [0, 0.1) is 5.92 Å². The third-order valence-corrected chi connectivity index (χ3v) is 3.98. The van der Waals surface area contributed by atoms with Gasteiger partial charge in [0.15, 0.2) is 0 Å². The topological polar surface area (TPSA) is 44.4 Å². The van der Waals surface area contributed by atoms with Gasteiger partial charge in [0, 0.05) is 25.3 Å². The second-order valence-electron chi connectivity index (χ2n) is 6.66. The lowest BCUT2D eigenvalue weighted by atomic mass is 9.97. The zero-order valence-electron chi connectivity index (χ0n) is 13.6. The van der Waals surface area contributed by atoms with E-state index in [-0.39, 0.29) is 5.91 Å². The van der Waals surface area contributed by atoms with Gasteiger partial charge in [-0.05, 0) is 44.0 Å². The molecule has 2 rings (SSSR count). The summed E-state index contributed by atoms with van der Waals surface area (Å²) in [6, 6.07) is 8.52. The second-order valence-corrected chi connectivity index (χ2v) is 6.66. The number of anilines is 1. The van der Waals surface area contributed by atoms with E-state index >= 15 is 0 Å². The molecule has 1 saturated heterocycles. The van der Waals surface area contributed by atoms with Crippen LogP contribution in [0.4, 0.5) is 5.69 Å². The Kier molecular flexibility index (Phi) is 4.88. The van der Waals surface area contributed by atoms with Crippen LogP contribution in [0.1, 0.15) is 33.3 Å². The predicted octanol–water partition coefficient (Wildman–Crippen LogP) is 2.15. The molecule has 2 N–H and O–H groups in total. The van der Waals surface area contributed by atoms with E-state index in [9.17, 15) is 4.79 Å². The zero-order valence-corrected chi connectivity index (χ0v) is 13.6. The Morgan fingerprint density at radius 2 is 1.95 bits per heavy atom. The average molecular weight is 289 g/mol. The third kappa shape index (κ3) is 3.76. The van der Waals surface area contributed by atoms with Crippen molar-refractivity contribution in [2.45, 2.75) is 39.8 Å². The number of carbonyl (C=O) groups excluding carboxylic acids is 1. The van der Waals surface area contributed by atoms with Crippen LogP contribution in [0.2, 0.25) is 0 Å². The molecule has 4 nitrogen and oxygen atoms in total. The summed E-state index contributed by atoms with van der Waals surface area (Å²) in [5.74, 6) is 0.758. The van der Waals surface area contributed by atoms with Crippen LogP contribution >= 0.6 is 0 Å². The van der Waals surface area contributed by atoms with Gasteiger partial charge in [-0.3, -0.25) is 4.79 Å². The number of amides is 1. The lowest BCUT2D eigenvalue weighted by Gasteiger charge is -2.42. The SMILES string of the molecule is CC(C)CNCc1ccc(N2CCNC(=O)C2(C)C)cc1. The van der Waals surface area contributed by atoms with Crippen molar-refractivity contribution in [2.75, 3.05) is 24.5 Å². The van der Waals surface area contributed by atoms with Crippen molar-refractivity contribution in [3.63, 3.8) is 0 Å². The first-order valence-electron chi connectivity index (χ1n) is 7.77. The van der Waals surface area contributed by atoms with Gasteiger partial charge in [0.2, 0.25) is 5.91 Å². The molecule has 1 heterocycles. The first kappa shape index (κ1) is 15.8. The number of piperazine rings is 1. The summed E-state index contributed by atoms with van der Waals surface area (Å²) in [6.07, 6.45) is 0. The van der Waals surface area contributed by atoms with Crippen molar-refractivity contribution in [3.8, 4) is 0 Å². The van der Waals surface area contributed by atoms with E-state index in [0.717, 1.165) is 25.3 Å². The van der Waals surface area contributed by atoms with Gasteiger partial charge in [-0.25, -0.2) is 0 Å². The number of hydrogen-bond acceptors (Lipinski definition) is 3. The van der Waals surface area contributed by atoms with Crippen LogP contribution < -0.4 is 15.5 Å². The largest absolute Gasteiger partial charge is 0.356 e. The van der Waals surface area contributed by atoms with E-state index in [2.05, 4.69) is 53.6 Å². The molecule has 1 aliphatic rings. The molecule has 0 radical (unpaired) electrons. The molecule has 0 unspecified atom stereocenters. The van der Waals surface area contributed by atoms with E-state index in [0.29, 0.717) is 12.5 Å². The van der Waals surface area contributed by atoms with Crippen molar-refractivity contribution in [1.29, 1.82) is 0 Å².